The molecule has 2 N–H and O–H groups in total. The van der Waals surface area contributed by atoms with Crippen LogP contribution in [0.5, 0.6) is 0 Å². The van der Waals surface area contributed by atoms with Gasteiger partial charge in [-0.2, -0.15) is 18.2 Å². The quantitative estimate of drug-likeness (QED) is 0.881. The molecule has 8 heteroatoms. The van der Waals surface area contributed by atoms with E-state index in [9.17, 15) is 13.2 Å². The van der Waals surface area contributed by atoms with Gasteiger partial charge < -0.3 is 10.6 Å². The monoisotopic (exact) mass is 316 g/mol. The van der Waals surface area contributed by atoms with Crippen LogP contribution < -0.4 is 10.6 Å². The summed E-state index contributed by atoms with van der Waals surface area (Å²) in [7, 11) is 0. The van der Waals surface area contributed by atoms with Crippen LogP contribution in [0.1, 0.15) is 12.5 Å². The molecule has 1 aromatic carbocycles. The minimum Gasteiger partial charge on any atom is -0.354 e. The van der Waals surface area contributed by atoms with Crippen LogP contribution in [0.4, 0.5) is 30.6 Å². The maximum atomic E-state index is 12.5. The topological polar surface area (TPSA) is 49.8 Å². The molecule has 0 aliphatic heterocycles. The second-order valence-corrected chi connectivity index (χ2v) is 4.53. The first-order chi connectivity index (χ1) is 9.90. The van der Waals surface area contributed by atoms with Crippen LogP contribution in [-0.2, 0) is 6.18 Å². The molecule has 0 radical (unpaired) electrons. The summed E-state index contributed by atoms with van der Waals surface area (Å²) in [6.45, 7) is 2.53. The second kappa shape index (κ2) is 6.17. The summed E-state index contributed by atoms with van der Waals surface area (Å²) in [6, 6.07) is 4.60. The Morgan fingerprint density at radius 3 is 2.43 bits per heavy atom. The number of nitrogens with one attached hydrogen (secondary N) is 2. The Bertz CT molecular complexity index is 614. The van der Waals surface area contributed by atoms with Gasteiger partial charge in [0.05, 0.1) is 11.8 Å². The van der Waals surface area contributed by atoms with E-state index in [4.69, 9.17) is 11.6 Å². The summed E-state index contributed by atoms with van der Waals surface area (Å²) < 4.78 is 37.4. The Kier molecular flexibility index (Phi) is 4.52. The van der Waals surface area contributed by atoms with Gasteiger partial charge in [0.2, 0.25) is 5.95 Å². The van der Waals surface area contributed by atoms with E-state index in [0.717, 1.165) is 12.1 Å². The Hall–Kier alpha value is -2.02. The molecule has 0 amide bonds. The molecule has 1 heterocycles. The van der Waals surface area contributed by atoms with Crippen LogP contribution in [0.15, 0.2) is 30.5 Å². The highest BCUT2D eigenvalue weighted by Gasteiger charge is 2.29. The molecule has 0 saturated heterocycles. The van der Waals surface area contributed by atoms with E-state index in [2.05, 4.69) is 20.6 Å². The molecule has 4 nitrogen and oxygen atoms in total. The Balaban J connectivity index is 2.20. The first kappa shape index (κ1) is 15.4. The van der Waals surface area contributed by atoms with Gasteiger partial charge in [-0.25, -0.2) is 4.98 Å². The van der Waals surface area contributed by atoms with Crippen LogP contribution in [0, 0.1) is 0 Å². The highest BCUT2D eigenvalue weighted by Crippen LogP contribution is 2.31. The third-order valence-corrected chi connectivity index (χ3v) is 2.83. The Morgan fingerprint density at radius 2 is 1.86 bits per heavy atom. The molecule has 0 spiro atoms. The third-order valence-electron chi connectivity index (χ3n) is 2.55. The van der Waals surface area contributed by atoms with Crippen molar-refractivity contribution in [1.82, 2.24) is 9.97 Å². The first-order valence-electron chi connectivity index (χ1n) is 6.11. The molecular weight excluding hydrogens is 305 g/mol. The SMILES string of the molecule is CCNc1ncc(Cl)c(Nc2ccc(C(F)(F)F)cc2)n1. The van der Waals surface area contributed by atoms with Gasteiger partial charge in [-0.1, -0.05) is 11.6 Å². The van der Waals surface area contributed by atoms with E-state index in [-0.39, 0.29) is 5.02 Å². The van der Waals surface area contributed by atoms with Crippen molar-refractivity contribution in [2.45, 2.75) is 13.1 Å². The van der Waals surface area contributed by atoms with Crippen LogP contribution >= 0.6 is 11.6 Å². The maximum Gasteiger partial charge on any atom is 0.416 e. The zero-order valence-corrected chi connectivity index (χ0v) is 11.8. The summed E-state index contributed by atoms with van der Waals surface area (Å²) in [4.78, 5) is 8.11. The van der Waals surface area contributed by atoms with Crippen molar-refractivity contribution in [3.63, 3.8) is 0 Å². The lowest BCUT2D eigenvalue weighted by Crippen LogP contribution is -2.06. The number of rotatable bonds is 4. The average molecular weight is 317 g/mol. The van der Waals surface area contributed by atoms with Gasteiger partial charge in [-0.05, 0) is 31.2 Å². The molecular formula is C13H12ClF3N4. The largest absolute Gasteiger partial charge is 0.416 e. The highest BCUT2D eigenvalue weighted by atomic mass is 35.5. The fraction of sp³-hybridized carbons (Fsp3) is 0.231. The van der Waals surface area contributed by atoms with Gasteiger partial charge in [0.1, 0.15) is 5.02 Å². The van der Waals surface area contributed by atoms with Crippen molar-refractivity contribution in [3.05, 3.63) is 41.0 Å². The average Bonchev–Trinajstić information content (AvgIpc) is 2.42. The summed E-state index contributed by atoms with van der Waals surface area (Å²) >= 11 is 5.95. The minimum atomic E-state index is -4.36. The molecule has 2 aromatic rings. The van der Waals surface area contributed by atoms with Gasteiger partial charge >= 0.3 is 6.18 Å². The molecule has 0 saturated carbocycles. The van der Waals surface area contributed by atoms with Gasteiger partial charge in [0.25, 0.3) is 0 Å². The lowest BCUT2D eigenvalue weighted by molar-refractivity contribution is -0.137. The summed E-state index contributed by atoms with van der Waals surface area (Å²) in [5.74, 6) is 0.707. The second-order valence-electron chi connectivity index (χ2n) is 4.12. The van der Waals surface area contributed by atoms with Crippen molar-refractivity contribution in [2.75, 3.05) is 17.2 Å². The van der Waals surface area contributed by atoms with Crippen molar-refractivity contribution in [3.8, 4) is 0 Å². The molecule has 112 valence electrons. The van der Waals surface area contributed by atoms with Gasteiger partial charge in [0.15, 0.2) is 5.82 Å². The predicted octanol–water partition coefficient (Wildman–Crippen LogP) is 4.32. The molecule has 21 heavy (non-hydrogen) atoms. The normalized spacial score (nSPS) is 11.3. The van der Waals surface area contributed by atoms with Gasteiger partial charge in [0, 0.05) is 12.2 Å². The zero-order valence-electron chi connectivity index (χ0n) is 11.0. The summed E-state index contributed by atoms with van der Waals surface area (Å²) in [5.41, 5.74) is -0.263. The predicted molar refractivity (Wildman–Crippen MR) is 75.9 cm³/mol. The third kappa shape index (κ3) is 3.98. The molecule has 2 rings (SSSR count). The van der Waals surface area contributed by atoms with E-state index in [1.165, 1.54) is 18.3 Å². The number of halogens is 4. The number of hydrogen-bond acceptors (Lipinski definition) is 4. The highest BCUT2D eigenvalue weighted by molar-refractivity contribution is 6.32. The van der Waals surface area contributed by atoms with Crippen molar-refractivity contribution in [1.29, 1.82) is 0 Å². The van der Waals surface area contributed by atoms with Crippen molar-refractivity contribution in [2.24, 2.45) is 0 Å². The number of benzene rings is 1. The molecule has 0 atom stereocenters. The smallest absolute Gasteiger partial charge is 0.354 e. The fourth-order valence-electron chi connectivity index (χ4n) is 1.58. The molecule has 1 aromatic heterocycles. The van der Waals surface area contributed by atoms with E-state index in [0.29, 0.717) is 24.0 Å². The number of nitrogens with zero attached hydrogens (tertiary/aromatic N) is 2. The first-order valence-corrected chi connectivity index (χ1v) is 6.48. The Labute approximate surface area is 124 Å². The summed E-state index contributed by atoms with van der Waals surface area (Å²) in [5, 5.41) is 6.05. The van der Waals surface area contributed by atoms with Crippen molar-refractivity contribution >= 4 is 29.1 Å². The number of alkyl halides is 3. The fourth-order valence-corrected chi connectivity index (χ4v) is 1.72. The number of hydrogen-bond donors (Lipinski definition) is 2. The Morgan fingerprint density at radius 1 is 1.19 bits per heavy atom. The van der Waals surface area contributed by atoms with Gasteiger partial charge in [-0.15, -0.1) is 0 Å². The summed E-state index contributed by atoms with van der Waals surface area (Å²) in [6.07, 6.45) is -2.94. The lowest BCUT2D eigenvalue weighted by Gasteiger charge is -2.11. The molecule has 0 aliphatic carbocycles. The minimum absolute atomic E-state index is 0.275. The van der Waals surface area contributed by atoms with Crippen LogP contribution in [-0.4, -0.2) is 16.5 Å². The van der Waals surface area contributed by atoms with E-state index < -0.39 is 11.7 Å². The zero-order chi connectivity index (χ0) is 15.5. The van der Waals surface area contributed by atoms with E-state index in [1.54, 1.807) is 0 Å². The molecule has 0 unspecified atom stereocenters. The standard InChI is InChI=1S/C13H12ClF3N4/c1-2-18-12-19-7-10(14)11(21-12)20-9-5-3-8(4-6-9)13(15,16)17/h3-7H,2H2,1H3,(H2,18,19,20,21). The number of aromatic nitrogens is 2. The molecule has 0 aliphatic rings. The van der Waals surface area contributed by atoms with E-state index >= 15 is 0 Å². The number of anilines is 3. The molecule has 0 bridgehead atoms. The van der Waals surface area contributed by atoms with E-state index in [1.807, 2.05) is 6.92 Å². The molecule has 0 fully saturated rings. The lowest BCUT2D eigenvalue weighted by atomic mass is 10.2. The van der Waals surface area contributed by atoms with Crippen LogP contribution in [0.25, 0.3) is 0 Å². The van der Waals surface area contributed by atoms with Gasteiger partial charge in [-0.3, -0.25) is 0 Å². The van der Waals surface area contributed by atoms with Crippen LogP contribution in [0.2, 0.25) is 5.02 Å². The van der Waals surface area contributed by atoms with Crippen molar-refractivity contribution < 1.29 is 13.2 Å². The maximum absolute atomic E-state index is 12.5. The van der Waals surface area contributed by atoms with Crippen LogP contribution in [0.3, 0.4) is 0 Å².